The first-order valence-electron chi connectivity index (χ1n) is 7.60. The number of aromatic amines is 1. The van der Waals surface area contributed by atoms with Gasteiger partial charge in [0.05, 0.1) is 7.11 Å². The van der Waals surface area contributed by atoms with Crippen molar-refractivity contribution in [3.63, 3.8) is 0 Å². The normalized spacial score (nSPS) is 11.6. The molecular weight excluding hydrogens is 360 g/mol. The van der Waals surface area contributed by atoms with Crippen molar-refractivity contribution < 1.29 is 19.4 Å². The topological polar surface area (TPSA) is 147 Å². The van der Waals surface area contributed by atoms with E-state index in [1.807, 2.05) is 0 Å². The minimum absolute atomic E-state index is 0.0733. The molecule has 2 rings (SSSR count). The number of H-pyrrole nitrogens is 1. The van der Waals surface area contributed by atoms with Crippen LogP contribution in [-0.2, 0) is 4.79 Å². The van der Waals surface area contributed by atoms with Crippen molar-refractivity contribution in [1.82, 2.24) is 9.97 Å². The van der Waals surface area contributed by atoms with E-state index < -0.39 is 22.7 Å². The highest BCUT2D eigenvalue weighted by Gasteiger charge is 2.20. The molecule has 1 aromatic heterocycles. The lowest BCUT2D eigenvalue weighted by atomic mass is 10.2. The van der Waals surface area contributed by atoms with E-state index in [4.69, 9.17) is 15.6 Å². The second kappa shape index (κ2) is 8.39. The van der Waals surface area contributed by atoms with Crippen LogP contribution in [0.5, 0.6) is 5.75 Å². The number of amides is 1. The van der Waals surface area contributed by atoms with Crippen molar-refractivity contribution in [2.75, 3.05) is 18.2 Å². The lowest BCUT2D eigenvalue weighted by Crippen LogP contribution is -2.24. The summed E-state index contributed by atoms with van der Waals surface area (Å²) in [5, 5.41) is 10.8. The van der Waals surface area contributed by atoms with Crippen LogP contribution in [0.3, 0.4) is 0 Å². The van der Waals surface area contributed by atoms with Crippen LogP contribution in [0.15, 0.2) is 34.2 Å². The Labute approximate surface area is 153 Å². The van der Waals surface area contributed by atoms with Gasteiger partial charge >= 0.3 is 5.97 Å². The molecule has 26 heavy (non-hydrogen) atoms. The Bertz CT molecular complexity index is 866. The Balaban J connectivity index is 2.20. The third-order valence-corrected chi connectivity index (χ3v) is 4.65. The second-order valence-corrected chi connectivity index (χ2v) is 6.36. The number of carbonyl (C=O) groups is 2. The molecule has 2 aromatic rings. The van der Waals surface area contributed by atoms with Crippen LogP contribution < -0.4 is 21.3 Å². The van der Waals surface area contributed by atoms with Gasteiger partial charge in [-0.2, -0.15) is 0 Å². The van der Waals surface area contributed by atoms with E-state index in [2.05, 4.69) is 15.3 Å². The first-order valence-corrected chi connectivity index (χ1v) is 8.48. The standard InChI is InChI=1S/C16H18N4O5S/c1-3-10(15(23)24)26-16-19-12(17)11(14(22)20-16)18-13(21)8-4-6-9(25-2)7-5-8/h4-7,10H,3H2,1-2H3,(H,18,21)(H,23,24)(H3,17,19,20,22). The maximum absolute atomic E-state index is 12.2. The molecule has 0 aliphatic heterocycles. The highest BCUT2D eigenvalue weighted by atomic mass is 32.2. The van der Waals surface area contributed by atoms with Gasteiger partial charge in [0, 0.05) is 5.56 Å². The van der Waals surface area contributed by atoms with Gasteiger partial charge < -0.3 is 20.9 Å². The van der Waals surface area contributed by atoms with E-state index in [-0.39, 0.29) is 16.7 Å². The van der Waals surface area contributed by atoms with Crippen LogP contribution in [0.25, 0.3) is 0 Å². The average Bonchev–Trinajstić information content (AvgIpc) is 2.62. The number of aliphatic carboxylic acids is 1. The molecule has 1 unspecified atom stereocenters. The fourth-order valence-corrected chi connectivity index (χ4v) is 2.86. The number of rotatable bonds is 7. The third-order valence-electron chi connectivity index (χ3n) is 3.42. The zero-order chi connectivity index (χ0) is 19.3. The number of benzene rings is 1. The Hall–Kier alpha value is -3.01. The summed E-state index contributed by atoms with van der Waals surface area (Å²) in [7, 11) is 1.51. The maximum Gasteiger partial charge on any atom is 0.317 e. The molecule has 1 aromatic carbocycles. The lowest BCUT2D eigenvalue weighted by Gasteiger charge is -2.11. The minimum atomic E-state index is -1.02. The van der Waals surface area contributed by atoms with E-state index >= 15 is 0 Å². The number of methoxy groups -OCH3 is 1. The number of carbonyl (C=O) groups excluding carboxylic acids is 1. The van der Waals surface area contributed by atoms with Gasteiger partial charge in [-0.1, -0.05) is 18.7 Å². The van der Waals surface area contributed by atoms with Gasteiger partial charge in [0.2, 0.25) is 0 Å². The summed E-state index contributed by atoms with van der Waals surface area (Å²) >= 11 is 0.880. The molecular formula is C16H18N4O5S. The van der Waals surface area contributed by atoms with Crippen molar-refractivity contribution in [3.05, 3.63) is 40.2 Å². The molecule has 0 aliphatic carbocycles. The molecule has 0 spiro atoms. The van der Waals surface area contributed by atoms with Crippen molar-refractivity contribution >= 4 is 35.1 Å². The second-order valence-electron chi connectivity index (χ2n) is 5.17. The van der Waals surface area contributed by atoms with Gasteiger partial charge in [-0.3, -0.25) is 19.4 Å². The molecule has 0 fully saturated rings. The average molecular weight is 378 g/mol. The number of nitrogens with two attached hydrogens (primary N) is 1. The Morgan fingerprint density at radius 2 is 2.04 bits per heavy atom. The number of carboxylic acid groups (broad SMARTS) is 1. The SMILES string of the molecule is CCC(Sc1nc(N)c(NC(=O)c2ccc(OC)cc2)c(=O)[nH]1)C(=O)O. The zero-order valence-electron chi connectivity index (χ0n) is 14.1. The Morgan fingerprint density at radius 3 is 2.54 bits per heavy atom. The van der Waals surface area contributed by atoms with Crippen LogP contribution in [-0.4, -0.2) is 39.3 Å². The molecule has 0 radical (unpaired) electrons. The molecule has 5 N–H and O–H groups in total. The molecule has 9 nitrogen and oxygen atoms in total. The lowest BCUT2D eigenvalue weighted by molar-refractivity contribution is -0.136. The Morgan fingerprint density at radius 1 is 1.38 bits per heavy atom. The monoisotopic (exact) mass is 378 g/mol. The van der Waals surface area contributed by atoms with Gasteiger partial charge in [-0.15, -0.1) is 0 Å². The predicted molar refractivity (Wildman–Crippen MR) is 97.8 cm³/mol. The molecule has 1 heterocycles. The number of nitrogens with zero attached hydrogens (tertiary/aromatic N) is 1. The van der Waals surface area contributed by atoms with Gasteiger partial charge in [-0.25, -0.2) is 4.98 Å². The highest BCUT2D eigenvalue weighted by Crippen LogP contribution is 2.23. The van der Waals surface area contributed by atoms with E-state index in [9.17, 15) is 14.4 Å². The number of carboxylic acids is 1. The summed E-state index contributed by atoms with van der Waals surface area (Å²) in [4.78, 5) is 41.9. The zero-order valence-corrected chi connectivity index (χ0v) is 14.9. The van der Waals surface area contributed by atoms with Crippen molar-refractivity contribution in [2.24, 2.45) is 0 Å². The summed E-state index contributed by atoms with van der Waals surface area (Å²) in [5.74, 6) is -1.16. The van der Waals surface area contributed by atoms with Crippen LogP contribution in [0.2, 0.25) is 0 Å². The number of thioether (sulfide) groups is 1. The summed E-state index contributed by atoms with van der Waals surface area (Å²) < 4.78 is 5.02. The fraction of sp³-hybridized carbons (Fsp3) is 0.250. The van der Waals surface area contributed by atoms with Crippen LogP contribution >= 0.6 is 11.8 Å². The van der Waals surface area contributed by atoms with E-state index in [0.717, 1.165) is 11.8 Å². The number of anilines is 2. The summed E-state index contributed by atoms with van der Waals surface area (Å²) in [6, 6.07) is 6.29. The molecule has 0 aliphatic rings. The first kappa shape index (κ1) is 19.3. The summed E-state index contributed by atoms with van der Waals surface area (Å²) in [6.07, 6.45) is 0.347. The molecule has 0 saturated heterocycles. The van der Waals surface area contributed by atoms with Gasteiger partial charge in [0.1, 0.15) is 16.7 Å². The van der Waals surface area contributed by atoms with E-state index in [1.54, 1.807) is 19.1 Å². The Kier molecular flexibility index (Phi) is 6.23. The fourth-order valence-electron chi connectivity index (χ4n) is 2.02. The number of nitrogens with one attached hydrogen (secondary N) is 2. The van der Waals surface area contributed by atoms with Crippen molar-refractivity contribution in [3.8, 4) is 5.75 Å². The maximum atomic E-state index is 12.2. The predicted octanol–water partition coefficient (Wildman–Crippen LogP) is 1.57. The smallest absolute Gasteiger partial charge is 0.317 e. The summed E-state index contributed by atoms with van der Waals surface area (Å²) in [5.41, 5.74) is 5.21. The largest absolute Gasteiger partial charge is 0.497 e. The number of aromatic nitrogens is 2. The number of hydrogen-bond acceptors (Lipinski definition) is 7. The van der Waals surface area contributed by atoms with Crippen LogP contribution in [0.1, 0.15) is 23.7 Å². The number of ether oxygens (including phenoxy) is 1. The van der Waals surface area contributed by atoms with E-state index in [0.29, 0.717) is 17.7 Å². The molecule has 0 bridgehead atoms. The molecule has 1 amide bonds. The highest BCUT2D eigenvalue weighted by molar-refractivity contribution is 8.00. The van der Waals surface area contributed by atoms with Gasteiger partial charge in [0.15, 0.2) is 11.0 Å². The van der Waals surface area contributed by atoms with Gasteiger partial charge in [-0.05, 0) is 30.7 Å². The summed E-state index contributed by atoms with van der Waals surface area (Å²) in [6.45, 7) is 1.71. The van der Waals surface area contributed by atoms with Crippen LogP contribution in [0.4, 0.5) is 11.5 Å². The first-order chi connectivity index (χ1) is 12.3. The number of nitrogen functional groups attached to an aromatic ring is 1. The number of hydrogen-bond donors (Lipinski definition) is 4. The quantitative estimate of drug-likeness (QED) is 0.419. The third kappa shape index (κ3) is 4.54. The van der Waals surface area contributed by atoms with E-state index in [1.165, 1.54) is 19.2 Å². The van der Waals surface area contributed by atoms with Gasteiger partial charge in [0.25, 0.3) is 11.5 Å². The van der Waals surface area contributed by atoms with Crippen LogP contribution in [0, 0.1) is 0 Å². The molecule has 10 heteroatoms. The molecule has 0 saturated carbocycles. The van der Waals surface area contributed by atoms with Crippen molar-refractivity contribution in [2.45, 2.75) is 23.8 Å². The van der Waals surface area contributed by atoms with Crippen molar-refractivity contribution in [1.29, 1.82) is 0 Å². The molecule has 138 valence electrons. The minimum Gasteiger partial charge on any atom is -0.497 e. The molecule has 1 atom stereocenters.